The average Bonchev–Trinajstić information content (AvgIpc) is 2.97. The summed E-state index contributed by atoms with van der Waals surface area (Å²) in [5.41, 5.74) is 1.22. The molecule has 3 rings (SSSR count). The number of hydrogen-bond donors (Lipinski definition) is 0. The van der Waals surface area contributed by atoms with Crippen LogP contribution >= 0.6 is 0 Å². The second-order valence-corrected chi connectivity index (χ2v) is 3.49. The minimum absolute atomic E-state index is 0.162. The van der Waals surface area contributed by atoms with Crippen LogP contribution < -0.4 is 0 Å². The molecule has 0 amide bonds. The maximum Gasteiger partial charge on any atom is 0.231 e. The van der Waals surface area contributed by atoms with Gasteiger partial charge in [0.2, 0.25) is 5.78 Å². The van der Waals surface area contributed by atoms with E-state index in [9.17, 15) is 4.79 Å². The van der Waals surface area contributed by atoms with Gasteiger partial charge >= 0.3 is 0 Å². The highest BCUT2D eigenvalue weighted by Crippen LogP contribution is 2.21. The van der Waals surface area contributed by atoms with Crippen LogP contribution in [0.25, 0.3) is 11.0 Å². The average molecular weight is 212 g/mol. The zero-order valence-electron chi connectivity index (χ0n) is 8.34. The Morgan fingerprint density at radius 2 is 2.00 bits per heavy atom. The van der Waals surface area contributed by atoms with E-state index in [1.165, 1.54) is 12.5 Å². The fourth-order valence-corrected chi connectivity index (χ4v) is 1.63. The van der Waals surface area contributed by atoms with Gasteiger partial charge in [-0.15, -0.1) is 0 Å². The molecule has 0 fully saturated rings. The van der Waals surface area contributed by atoms with E-state index >= 15 is 0 Å². The van der Waals surface area contributed by atoms with Crippen molar-refractivity contribution < 1.29 is 13.6 Å². The number of carbonyl (C=O) groups is 1. The van der Waals surface area contributed by atoms with E-state index < -0.39 is 0 Å². The maximum atomic E-state index is 11.9. The van der Waals surface area contributed by atoms with Crippen molar-refractivity contribution >= 4 is 16.8 Å². The third-order valence-electron chi connectivity index (χ3n) is 2.43. The smallest absolute Gasteiger partial charge is 0.231 e. The van der Waals surface area contributed by atoms with Gasteiger partial charge in [0.05, 0.1) is 11.8 Å². The molecule has 16 heavy (non-hydrogen) atoms. The molecule has 0 bridgehead atoms. The zero-order chi connectivity index (χ0) is 11.0. The zero-order valence-corrected chi connectivity index (χ0v) is 8.34. The molecular formula is C13H8O3. The Hall–Kier alpha value is -2.29. The lowest BCUT2D eigenvalue weighted by Crippen LogP contribution is -1.96. The van der Waals surface area contributed by atoms with E-state index in [1.807, 2.05) is 24.3 Å². The number of furan rings is 2. The highest BCUT2D eigenvalue weighted by Gasteiger charge is 2.14. The molecule has 0 saturated heterocycles. The Kier molecular flexibility index (Phi) is 1.90. The van der Waals surface area contributed by atoms with Crippen LogP contribution in [0.2, 0.25) is 0 Å². The van der Waals surface area contributed by atoms with Gasteiger partial charge in [0.15, 0.2) is 5.76 Å². The van der Waals surface area contributed by atoms with Crippen LogP contribution in [0, 0.1) is 0 Å². The van der Waals surface area contributed by atoms with Crippen LogP contribution in [-0.4, -0.2) is 5.78 Å². The molecule has 0 aliphatic heterocycles. The van der Waals surface area contributed by atoms with Crippen LogP contribution in [0.15, 0.2) is 57.8 Å². The number of hydrogen-bond acceptors (Lipinski definition) is 3. The van der Waals surface area contributed by atoms with Gasteiger partial charge in [-0.05, 0) is 18.2 Å². The number of ketones is 1. The van der Waals surface area contributed by atoms with Crippen molar-refractivity contribution in [2.45, 2.75) is 0 Å². The van der Waals surface area contributed by atoms with Crippen molar-refractivity contribution in [1.29, 1.82) is 0 Å². The topological polar surface area (TPSA) is 43.4 Å². The molecular weight excluding hydrogens is 204 g/mol. The van der Waals surface area contributed by atoms with Crippen molar-refractivity contribution in [2.24, 2.45) is 0 Å². The Morgan fingerprint density at radius 3 is 2.75 bits per heavy atom. The van der Waals surface area contributed by atoms with Crippen molar-refractivity contribution in [3.8, 4) is 0 Å². The molecule has 3 nitrogen and oxygen atoms in total. The normalized spacial score (nSPS) is 10.8. The molecule has 0 unspecified atom stereocenters. The van der Waals surface area contributed by atoms with Gasteiger partial charge in [-0.3, -0.25) is 4.79 Å². The third kappa shape index (κ3) is 1.34. The first-order valence-corrected chi connectivity index (χ1v) is 4.90. The molecule has 0 atom stereocenters. The van der Waals surface area contributed by atoms with Gasteiger partial charge in [-0.1, -0.05) is 18.2 Å². The number of benzene rings is 1. The quantitative estimate of drug-likeness (QED) is 0.612. The van der Waals surface area contributed by atoms with E-state index in [1.54, 1.807) is 12.1 Å². The lowest BCUT2D eigenvalue weighted by atomic mass is 10.1. The standard InChI is InChI=1S/C13H8O3/c14-13(10-5-6-15-8-10)12-7-9-3-1-2-4-11(9)16-12/h1-8H. The molecule has 0 N–H and O–H groups in total. The second-order valence-electron chi connectivity index (χ2n) is 3.49. The van der Waals surface area contributed by atoms with Gasteiger partial charge in [0.1, 0.15) is 11.8 Å². The molecule has 2 heterocycles. The Balaban J connectivity index is 2.10. The lowest BCUT2D eigenvalue weighted by molar-refractivity contribution is 0.101. The van der Waals surface area contributed by atoms with Gasteiger partial charge < -0.3 is 8.83 Å². The Labute approximate surface area is 91.3 Å². The van der Waals surface area contributed by atoms with E-state index in [2.05, 4.69) is 0 Å². The van der Waals surface area contributed by atoms with Crippen molar-refractivity contribution in [3.63, 3.8) is 0 Å². The Bertz CT molecular complexity index is 599. The molecule has 3 heteroatoms. The van der Waals surface area contributed by atoms with Crippen molar-refractivity contribution in [2.75, 3.05) is 0 Å². The van der Waals surface area contributed by atoms with Crippen LogP contribution in [-0.2, 0) is 0 Å². The van der Waals surface area contributed by atoms with E-state index in [0.717, 1.165) is 5.39 Å². The van der Waals surface area contributed by atoms with E-state index in [-0.39, 0.29) is 5.78 Å². The summed E-state index contributed by atoms with van der Waals surface area (Å²) >= 11 is 0. The van der Waals surface area contributed by atoms with Crippen LogP contribution in [0.4, 0.5) is 0 Å². The molecule has 0 spiro atoms. The second kappa shape index (κ2) is 3.38. The minimum atomic E-state index is -0.162. The van der Waals surface area contributed by atoms with Crippen LogP contribution in [0.1, 0.15) is 16.1 Å². The minimum Gasteiger partial charge on any atom is -0.472 e. The van der Waals surface area contributed by atoms with Gasteiger partial charge in [0.25, 0.3) is 0 Å². The number of carbonyl (C=O) groups excluding carboxylic acids is 1. The monoisotopic (exact) mass is 212 g/mol. The lowest BCUT2D eigenvalue weighted by Gasteiger charge is -1.89. The van der Waals surface area contributed by atoms with Gasteiger partial charge in [-0.25, -0.2) is 0 Å². The number of rotatable bonds is 2. The molecule has 1 aromatic carbocycles. The highest BCUT2D eigenvalue weighted by molar-refractivity contribution is 6.08. The predicted molar refractivity (Wildman–Crippen MR) is 58.4 cm³/mol. The third-order valence-corrected chi connectivity index (χ3v) is 2.43. The van der Waals surface area contributed by atoms with Crippen LogP contribution in [0.3, 0.4) is 0 Å². The fraction of sp³-hybridized carbons (Fsp3) is 0. The van der Waals surface area contributed by atoms with Crippen molar-refractivity contribution in [1.82, 2.24) is 0 Å². The summed E-state index contributed by atoms with van der Waals surface area (Å²) in [6, 6.07) is 10.9. The first-order chi connectivity index (χ1) is 7.84. The van der Waals surface area contributed by atoms with E-state index in [4.69, 9.17) is 8.83 Å². The molecule has 78 valence electrons. The number of para-hydroxylation sites is 1. The molecule has 0 aliphatic rings. The summed E-state index contributed by atoms with van der Waals surface area (Å²) in [4.78, 5) is 11.9. The van der Waals surface area contributed by atoms with Crippen LogP contribution in [0.5, 0.6) is 0 Å². The highest BCUT2D eigenvalue weighted by atomic mass is 16.3. The summed E-state index contributed by atoms with van der Waals surface area (Å²) in [7, 11) is 0. The molecule has 3 aromatic rings. The van der Waals surface area contributed by atoms with Gasteiger partial charge in [0, 0.05) is 5.39 Å². The predicted octanol–water partition coefficient (Wildman–Crippen LogP) is 3.26. The summed E-state index contributed by atoms with van der Waals surface area (Å²) < 4.78 is 10.3. The first kappa shape index (κ1) is 8.97. The molecule has 0 radical (unpaired) electrons. The first-order valence-electron chi connectivity index (χ1n) is 4.90. The maximum absolute atomic E-state index is 11.9. The Morgan fingerprint density at radius 1 is 1.12 bits per heavy atom. The molecule has 2 aromatic heterocycles. The summed E-state index contributed by atoms with van der Waals surface area (Å²) in [5.74, 6) is 0.174. The van der Waals surface area contributed by atoms with Gasteiger partial charge in [-0.2, -0.15) is 0 Å². The summed E-state index contributed by atoms with van der Waals surface area (Å²) in [5, 5.41) is 0.925. The summed E-state index contributed by atoms with van der Waals surface area (Å²) in [6.45, 7) is 0. The molecule has 0 aliphatic carbocycles. The SMILES string of the molecule is O=C(c1ccoc1)c1cc2ccccc2o1. The van der Waals surface area contributed by atoms with Crippen molar-refractivity contribution in [3.05, 3.63) is 60.2 Å². The fourth-order valence-electron chi connectivity index (χ4n) is 1.63. The molecule has 0 saturated carbocycles. The number of fused-ring (bicyclic) bond motifs is 1. The van der Waals surface area contributed by atoms with E-state index in [0.29, 0.717) is 16.9 Å². The summed E-state index contributed by atoms with van der Waals surface area (Å²) in [6.07, 6.45) is 2.88. The largest absolute Gasteiger partial charge is 0.472 e.